The van der Waals surface area contributed by atoms with Crippen LogP contribution in [0, 0.1) is 17.5 Å². The molecule has 2 atom stereocenters. The van der Waals surface area contributed by atoms with Gasteiger partial charge < -0.3 is 33.8 Å². The van der Waals surface area contributed by atoms with Gasteiger partial charge in [-0.05, 0) is 61.7 Å². The highest BCUT2D eigenvalue weighted by molar-refractivity contribution is 7.22. The topological polar surface area (TPSA) is 130 Å². The Balaban J connectivity index is 1.41. The van der Waals surface area contributed by atoms with E-state index in [0.29, 0.717) is 35.3 Å². The third-order valence-corrected chi connectivity index (χ3v) is 10.3. The number of piperazine rings is 1. The first kappa shape index (κ1) is 38.4. The molecule has 0 unspecified atom stereocenters. The van der Waals surface area contributed by atoms with E-state index in [1.54, 1.807) is 46.4 Å². The average molecular weight is 802 g/mol. The summed E-state index contributed by atoms with van der Waals surface area (Å²) in [7, 11) is 3.70. The number of nitrogens with zero attached hydrogens (tertiary/aromatic N) is 6. The molecule has 18 heteroatoms. The van der Waals surface area contributed by atoms with E-state index in [-0.39, 0.29) is 69.0 Å². The summed E-state index contributed by atoms with van der Waals surface area (Å²) in [5.74, 6) is -1.03. The third kappa shape index (κ3) is 7.10. The molecule has 55 heavy (non-hydrogen) atoms. The van der Waals surface area contributed by atoms with Gasteiger partial charge in [0.15, 0.2) is 10.9 Å². The number of pyridine rings is 1. The molecule has 1 N–H and O–H groups in total. The normalized spacial score (nSPS) is 18.3. The van der Waals surface area contributed by atoms with Crippen LogP contribution in [0.3, 0.4) is 0 Å². The molecule has 4 aromatic rings. The zero-order chi connectivity index (χ0) is 39.9. The van der Waals surface area contributed by atoms with Gasteiger partial charge in [0, 0.05) is 42.2 Å². The smallest absolute Gasteiger partial charge is 0.413 e. The van der Waals surface area contributed by atoms with Crippen molar-refractivity contribution in [2.24, 2.45) is 0 Å². The van der Waals surface area contributed by atoms with E-state index in [9.17, 15) is 14.4 Å². The maximum absolute atomic E-state index is 17.3. The third-order valence-electron chi connectivity index (χ3n) is 9.05. The summed E-state index contributed by atoms with van der Waals surface area (Å²) in [6, 6.07) is 1.33. The Labute approximate surface area is 323 Å². The summed E-state index contributed by atoms with van der Waals surface area (Å²) in [6.45, 7) is 11.4. The van der Waals surface area contributed by atoms with Gasteiger partial charge in [0.05, 0.1) is 40.1 Å². The van der Waals surface area contributed by atoms with Gasteiger partial charge in [0.2, 0.25) is 5.88 Å². The number of benzene rings is 2. The van der Waals surface area contributed by atoms with Crippen LogP contribution in [0.15, 0.2) is 17.8 Å². The minimum atomic E-state index is -1.15. The number of amides is 2. The zero-order valence-electron chi connectivity index (χ0n) is 31.4. The van der Waals surface area contributed by atoms with Crippen molar-refractivity contribution in [2.75, 3.05) is 61.9 Å². The van der Waals surface area contributed by atoms with E-state index in [4.69, 9.17) is 25.8 Å². The van der Waals surface area contributed by atoms with Gasteiger partial charge in [0.25, 0.3) is 0 Å². The van der Waals surface area contributed by atoms with Crippen LogP contribution in [0.2, 0.25) is 5.02 Å². The van der Waals surface area contributed by atoms with Crippen molar-refractivity contribution >= 4 is 78.7 Å². The Hall–Kier alpha value is -4.83. The summed E-state index contributed by atoms with van der Waals surface area (Å²) in [5.41, 5.74) is -1.89. The second-order valence-electron chi connectivity index (χ2n) is 15.8. The largest absolute Gasteiger partial charge is 0.470 e. The number of rotatable bonds is 4. The van der Waals surface area contributed by atoms with Crippen LogP contribution in [0.25, 0.3) is 32.2 Å². The minimum Gasteiger partial charge on any atom is -0.470 e. The van der Waals surface area contributed by atoms with E-state index in [1.807, 2.05) is 23.9 Å². The number of aromatic nitrogens is 2. The summed E-state index contributed by atoms with van der Waals surface area (Å²) < 4.78 is 65.5. The molecule has 1 saturated heterocycles. The maximum atomic E-state index is 17.3. The quantitative estimate of drug-likeness (QED) is 0.210. The predicted molar refractivity (Wildman–Crippen MR) is 204 cm³/mol. The molecule has 2 amide bonds. The average Bonchev–Trinajstić information content (AvgIpc) is 3.47. The van der Waals surface area contributed by atoms with Crippen molar-refractivity contribution in [3.63, 3.8) is 0 Å². The summed E-state index contributed by atoms with van der Waals surface area (Å²) in [4.78, 5) is 54.5. The molecule has 0 saturated carbocycles. The fourth-order valence-electron chi connectivity index (χ4n) is 7.11. The maximum Gasteiger partial charge on any atom is 0.413 e. The number of carbonyl (C=O) groups is 2. The van der Waals surface area contributed by atoms with Gasteiger partial charge >= 0.3 is 12.2 Å². The fraction of sp³-hybridized carbons (Fsp3) is 0.459. The van der Waals surface area contributed by atoms with Gasteiger partial charge in [-0.2, -0.15) is 0 Å². The summed E-state index contributed by atoms with van der Waals surface area (Å²) in [5, 5.41) is 2.31. The van der Waals surface area contributed by atoms with Crippen molar-refractivity contribution < 1.29 is 41.8 Å². The molecule has 7 rings (SSSR count). The lowest BCUT2D eigenvalue weighted by atomic mass is 9.95. The lowest BCUT2D eigenvalue weighted by Crippen LogP contribution is -2.62. The molecule has 292 valence electrons. The predicted octanol–water partition coefficient (Wildman–Crippen LogP) is 7.21. The Morgan fingerprint density at radius 3 is 2.36 bits per heavy atom. The second kappa shape index (κ2) is 13.7. The van der Waals surface area contributed by atoms with E-state index in [1.165, 1.54) is 11.0 Å². The van der Waals surface area contributed by atoms with Crippen LogP contribution in [0.5, 0.6) is 5.88 Å². The molecule has 0 bridgehead atoms. The van der Waals surface area contributed by atoms with E-state index in [0.717, 1.165) is 0 Å². The summed E-state index contributed by atoms with van der Waals surface area (Å²) >= 11 is 7.59. The second-order valence-corrected chi connectivity index (χ2v) is 17.2. The number of ether oxygens (including phenoxy) is 3. The molecule has 2 aromatic heterocycles. The molecule has 2 aromatic carbocycles. The molecule has 0 spiro atoms. The van der Waals surface area contributed by atoms with Crippen molar-refractivity contribution in [3.8, 4) is 17.0 Å². The number of hydrogen-bond donors (Lipinski definition) is 1. The number of halogens is 4. The lowest BCUT2D eigenvalue weighted by Gasteiger charge is -2.51. The van der Waals surface area contributed by atoms with Crippen LogP contribution in [-0.4, -0.2) is 108 Å². The number of anilines is 3. The Bertz CT molecular complexity index is 2320. The number of fused-ring (bicyclic) bond motifs is 5. The van der Waals surface area contributed by atoms with E-state index >= 15 is 13.2 Å². The Morgan fingerprint density at radius 1 is 1.00 bits per heavy atom. The highest BCUT2D eigenvalue weighted by Crippen LogP contribution is 2.53. The van der Waals surface area contributed by atoms with Crippen LogP contribution >= 0.6 is 22.9 Å². The first-order valence-electron chi connectivity index (χ1n) is 17.5. The van der Waals surface area contributed by atoms with Gasteiger partial charge in [-0.15, -0.1) is 0 Å². The number of hydrogen-bond acceptors (Lipinski definition) is 12. The first-order valence-corrected chi connectivity index (χ1v) is 18.7. The van der Waals surface area contributed by atoms with E-state index in [2.05, 4.69) is 21.2 Å². The molecule has 1 fully saturated rings. The highest BCUT2D eigenvalue weighted by Gasteiger charge is 2.47. The molecule has 0 aliphatic carbocycles. The molecule has 13 nitrogen and oxygen atoms in total. The van der Waals surface area contributed by atoms with Gasteiger partial charge in [0.1, 0.15) is 51.8 Å². The monoisotopic (exact) mass is 801 g/mol. The van der Waals surface area contributed by atoms with Crippen LogP contribution < -0.4 is 19.9 Å². The van der Waals surface area contributed by atoms with Crippen molar-refractivity contribution in [1.29, 1.82) is 0 Å². The van der Waals surface area contributed by atoms with E-state index < -0.39 is 64.1 Å². The molecular formula is C37H39ClF3N7O6S. The number of nitrogens with one attached hydrogen (secondary N) is 1. The van der Waals surface area contributed by atoms with Crippen molar-refractivity contribution in [3.05, 3.63) is 40.3 Å². The number of thiazole rings is 1. The van der Waals surface area contributed by atoms with Crippen molar-refractivity contribution in [2.45, 2.75) is 64.9 Å². The molecule has 3 aliphatic rings. The van der Waals surface area contributed by atoms with Gasteiger partial charge in [-0.25, -0.2) is 37.5 Å². The van der Waals surface area contributed by atoms with Crippen LogP contribution in [0.1, 0.15) is 41.5 Å². The van der Waals surface area contributed by atoms with Gasteiger partial charge in [-0.3, -0.25) is 5.32 Å². The van der Waals surface area contributed by atoms with Crippen molar-refractivity contribution in [1.82, 2.24) is 19.8 Å². The summed E-state index contributed by atoms with van der Waals surface area (Å²) in [6.07, 6.45) is -1.95. The van der Waals surface area contributed by atoms with Gasteiger partial charge in [-0.1, -0.05) is 22.9 Å². The number of likely N-dealkylation sites (N-methyl/N-ethyl adjacent to an activating group) is 1. The highest BCUT2D eigenvalue weighted by atomic mass is 35.5. The SMILES string of the molecule is CN(C)C[C@@H]1CN2C(=C=O)[C@H]3CN(C(=O)OC(C)(C)C)CCN3c3c2c(nc2c(F)c(-c4c(F)cc(F)c5sc(NC(=O)OC(C)(C)C)nc45)c(Cl)cc32)O1. The Morgan fingerprint density at radius 2 is 1.71 bits per heavy atom. The molecule has 3 aliphatic heterocycles. The zero-order valence-corrected chi connectivity index (χ0v) is 33.0. The van der Waals surface area contributed by atoms with Crippen LogP contribution in [0.4, 0.5) is 39.3 Å². The lowest BCUT2D eigenvalue weighted by molar-refractivity contribution is 0.0220. The molecule has 0 radical (unpaired) electrons. The molecule has 5 heterocycles. The minimum absolute atomic E-state index is 0.0239. The molecular weight excluding hydrogens is 763 g/mol. The Kier molecular flexibility index (Phi) is 9.59. The fourth-order valence-corrected chi connectivity index (χ4v) is 8.27. The van der Waals surface area contributed by atoms with Crippen LogP contribution in [-0.2, 0) is 14.3 Å². The first-order chi connectivity index (χ1) is 25.7. The standard InChI is InChI=1S/C37H39ClF3N7O6S/c1-36(2,3)53-34(50)44-33-43-28-25(20(39)12-21(40)31(28)55-33)24-19(38)11-18-27(26(24)41)42-32-30-29(18)47-10-9-46(35(51)54-37(4,5)6)15-22(47)23(16-49)48(30)14-17(52-32)13-45(7)8/h11-12,17,22H,9-10,13-15H2,1-8H3,(H,43,44,50)/t17-,22-/m1/s1. The number of carbonyl (C=O) groups excluding carboxylic acids is 3.